The Morgan fingerprint density at radius 1 is 1.08 bits per heavy atom. The lowest BCUT2D eigenvalue weighted by Crippen LogP contribution is -2.19. The minimum atomic E-state index is -0.348. The van der Waals surface area contributed by atoms with Gasteiger partial charge < -0.3 is 10.6 Å². The predicted octanol–water partition coefficient (Wildman–Crippen LogP) is 3.86. The Morgan fingerprint density at radius 2 is 1.79 bits per heavy atom. The average Bonchev–Trinajstić information content (AvgIpc) is 2.84. The Morgan fingerprint density at radius 3 is 2.46 bits per heavy atom. The first kappa shape index (κ1) is 15.9. The smallest absolute Gasteiger partial charge is 0.308 e. The van der Waals surface area contributed by atoms with E-state index >= 15 is 0 Å². The molecule has 0 unspecified atom stereocenters. The maximum Gasteiger partial charge on any atom is 0.323 e. The molecular weight excluding hydrogens is 304 g/mol. The van der Waals surface area contributed by atoms with Crippen LogP contribution in [0, 0.1) is 6.92 Å². The second kappa shape index (κ2) is 6.23. The molecule has 1 aromatic heterocycles. The number of carbonyl (C=O) groups is 1. The van der Waals surface area contributed by atoms with Gasteiger partial charge in [0.15, 0.2) is 0 Å². The van der Waals surface area contributed by atoms with Crippen LogP contribution in [0.2, 0.25) is 0 Å². The summed E-state index contributed by atoms with van der Waals surface area (Å²) < 4.78 is 1.81. The third-order valence-corrected chi connectivity index (χ3v) is 3.77. The second-order valence-electron chi connectivity index (χ2n) is 6.09. The van der Waals surface area contributed by atoms with Crippen molar-refractivity contribution in [3.8, 4) is 0 Å². The highest BCUT2D eigenvalue weighted by Gasteiger charge is 2.10. The van der Waals surface area contributed by atoms with E-state index in [4.69, 9.17) is 0 Å². The second-order valence-corrected chi connectivity index (χ2v) is 6.09. The van der Waals surface area contributed by atoms with Crippen LogP contribution in [-0.4, -0.2) is 15.8 Å². The van der Waals surface area contributed by atoms with Gasteiger partial charge in [-0.2, -0.15) is 0 Å². The molecule has 0 aliphatic rings. The van der Waals surface area contributed by atoms with Crippen molar-refractivity contribution in [2.75, 3.05) is 10.6 Å². The number of carbonyl (C=O) groups excluding carboxylic acids is 1. The van der Waals surface area contributed by atoms with Crippen molar-refractivity contribution in [2.45, 2.75) is 26.8 Å². The highest BCUT2D eigenvalue weighted by Crippen LogP contribution is 2.19. The number of aromatic nitrogens is 2. The zero-order valence-electron chi connectivity index (χ0n) is 13.9. The molecule has 3 N–H and O–H groups in total. The van der Waals surface area contributed by atoms with Crippen LogP contribution in [0.1, 0.15) is 25.5 Å². The van der Waals surface area contributed by atoms with E-state index in [1.807, 2.05) is 55.8 Å². The molecule has 0 saturated carbocycles. The molecule has 6 heteroatoms. The lowest BCUT2D eigenvalue weighted by atomic mass is 10.2. The molecule has 0 fully saturated rings. The van der Waals surface area contributed by atoms with Gasteiger partial charge in [0.2, 0.25) is 0 Å². The van der Waals surface area contributed by atoms with Gasteiger partial charge in [-0.05, 0) is 56.7 Å². The van der Waals surface area contributed by atoms with Crippen molar-refractivity contribution in [3.63, 3.8) is 0 Å². The van der Waals surface area contributed by atoms with Crippen LogP contribution < -0.4 is 16.2 Å². The van der Waals surface area contributed by atoms with Crippen molar-refractivity contribution in [1.29, 1.82) is 0 Å². The van der Waals surface area contributed by atoms with Crippen molar-refractivity contribution >= 4 is 28.3 Å². The summed E-state index contributed by atoms with van der Waals surface area (Å²) in [5, 5.41) is 8.90. The molecule has 0 atom stereocenters. The summed E-state index contributed by atoms with van der Waals surface area (Å²) in [6.45, 7) is 5.95. The Balaban J connectivity index is 1.81. The molecule has 2 amide bonds. The molecule has 0 aliphatic carbocycles. The standard InChI is InChI=1S/C18H20N4O2/c1-11(2)22-16-8-7-14(10-15(16)17(23)21-22)20-18(24)19-13-6-4-5-12(3)9-13/h4-11H,1-3H3,(H,21,23)(H2,19,20,24). The molecule has 2 aromatic carbocycles. The Hall–Kier alpha value is -3.02. The Kier molecular flexibility index (Phi) is 4.12. The monoisotopic (exact) mass is 324 g/mol. The number of aryl methyl sites for hydroxylation is 1. The molecule has 1 heterocycles. The number of amides is 2. The highest BCUT2D eigenvalue weighted by molar-refractivity contribution is 6.01. The topological polar surface area (TPSA) is 78.9 Å². The van der Waals surface area contributed by atoms with E-state index in [0.29, 0.717) is 11.1 Å². The number of nitrogens with zero attached hydrogens (tertiary/aromatic N) is 1. The van der Waals surface area contributed by atoms with Gasteiger partial charge in [-0.15, -0.1) is 0 Å². The molecule has 0 spiro atoms. The van der Waals surface area contributed by atoms with Gasteiger partial charge in [0.05, 0.1) is 10.9 Å². The molecule has 24 heavy (non-hydrogen) atoms. The average molecular weight is 324 g/mol. The van der Waals surface area contributed by atoms with Crippen molar-refractivity contribution in [3.05, 3.63) is 58.4 Å². The van der Waals surface area contributed by atoms with Gasteiger partial charge in [0.1, 0.15) is 0 Å². The molecule has 124 valence electrons. The van der Waals surface area contributed by atoms with Gasteiger partial charge >= 0.3 is 6.03 Å². The van der Waals surface area contributed by atoms with Gasteiger partial charge in [0.25, 0.3) is 5.56 Å². The van der Waals surface area contributed by atoms with Gasteiger partial charge in [-0.3, -0.25) is 14.6 Å². The third-order valence-electron chi connectivity index (χ3n) is 3.77. The number of urea groups is 1. The van der Waals surface area contributed by atoms with Crippen LogP contribution >= 0.6 is 0 Å². The van der Waals surface area contributed by atoms with Crippen molar-refractivity contribution < 1.29 is 4.79 Å². The third kappa shape index (κ3) is 3.17. The summed E-state index contributed by atoms with van der Waals surface area (Å²) in [5.41, 5.74) is 3.01. The number of aromatic amines is 1. The molecule has 0 radical (unpaired) electrons. The lowest BCUT2D eigenvalue weighted by Gasteiger charge is -2.10. The Bertz CT molecular complexity index is 953. The van der Waals surface area contributed by atoms with E-state index in [0.717, 1.165) is 16.8 Å². The summed E-state index contributed by atoms with van der Waals surface area (Å²) in [6.07, 6.45) is 0. The molecule has 0 bridgehead atoms. The van der Waals surface area contributed by atoms with E-state index in [-0.39, 0.29) is 17.6 Å². The van der Waals surface area contributed by atoms with Crippen LogP contribution in [0.3, 0.4) is 0 Å². The molecule has 0 saturated heterocycles. The van der Waals surface area contributed by atoms with E-state index < -0.39 is 0 Å². The number of nitrogens with one attached hydrogen (secondary N) is 3. The lowest BCUT2D eigenvalue weighted by molar-refractivity contribution is 0.262. The van der Waals surface area contributed by atoms with Gasteiger partial charge in [0, 0.05) is 17.4 Å². The first-order valence-electron chi connectivity index (χ1n) is 7.83. The summed E-state index contributed by atoms with van der Waals surface area (Å²) in [6, 6.07) is 12.6. The fourth-order valence-corrected chi connectivity index (χ4v) is 2.66. The molecule has 3 rings (SSSR count). The number of fused-ring (bicyclic) bond motifs is 1. The van der Waals surface area contributed by atoms with Crippen LogP contribution in [0.15, 0.2) is 47.3 Å². The number of hydrogen-bond donors (Lipinski definition) is 3. The molecule has 0 aliphatic heterocycles. The highest BCUT2D eigenvalue weighted by atomic mass is 16.2. The largest absolute Gasteiger partial charge is 0.323 e. The van der Waals surface area contributed by atoms with Gasteiger partial charge in [-0.25, -0.2) is 4.79 Å². The van der Waals surface area contributed by atoms with E-state index in [1.54, 1.807) is 12.1 Å². The number of benzene rings is 2. The van der Waals surface area contributed by atoms with Crippen LogP contribution in [-0.2, 0) is 0 Å². The number of rotatable bonds is 3. The first-order valence-corrected chi connectivity index (χ1v) is 7.83. The van der Waals surface area contributed by atoms with Crippen LogP contribution in [0.4, 0.5) is 16.2 Å². The van der Waals surface area contributed by atoms with Gasteiger partial charge in [-0.1, -0.05) is 12.1 Å². The number of hydrogen-bond acceptors (Lipinski definition) is 2. The fraction of sp³-hybridized carbons (Fsp3) is 0.222. The zero-order chi connectivity index (χ0) is 17.3. The minimum Gasteiger partial charge on any atom is -0.308 e. The zero-order valence-corrected chi connectivity index (χ0v) is 13.9. The van der Waals surface area contributed by atoms with Crippen molar-refractivity contribution in [2.24, 2.45) is 0 Å². The Labute approximate surface area is 139 Å². The molecular formula is C18H20N4O2. The maximum absolute atomic E-state index is 12.1. The summed E-state index contributed by atoms with van der Waals surface area (Å²) in [7, 11) is 0. The fourth-order valence-electron chi connectivity index (χ4n) is 2.66. The first-order chi connectivity index (χ1) is 11.4. The predicted molar refractivity (Wildman–Crippen MR) is 96.8 cm³/mol. The maximum atomic E-state index is 12.1. The molecule has 3 aromatic rings. The quantitative estimate of drug-likeness (QED) is 0.684. The minimum absolute atomic E-state index is 0.152. The number of anilines is 2. The van der Waals surface area contributed by atoms with E-state index in [1.165, 1.54) is 0 Å². The molecule has 6 nitrogen and oxygen atoms in total. The summed E-state index contributed by atoms with van der Waals surface area (Å²) >= 11 is 0. The van der Waals surface area contributed by atoms with Crippen LogP contribution in [0.25, 0.3) is 10.9 Å². The summed E-state index contributed by atoms with van der Waals surface area (Å²) in [5.74, 6) is 0. The van der Waals surface area contributed by atoms with Crippen LogP contribution in [0.5, 0.6) is 0 Å². The normalized spacial score (nSPS) is 11.0. The van der Waals surface area contributed by atoms with E-state index in [9.17, 15) is 9.59 Å². The number of H-pyrrole nitrogens is 1. The summed E-state index contributed by atoms with van der Waals surface area (Å²) in [4.78, 5) is 24.2. The van der Waals surface area contributed by atoms with E-state index in [2.05, 4.69) is 15.7 Å². The van der Waals surface area contributed by atoms with Crippen molar-refractivity contribution in [1.82, 2.24) is 9.78 Å². The SMILES string of the molecule is Cc1cccc(NC(=O)Nc2ccc3c(c2)c(=O)[nH]n3C(C)C)c1.